The molecule has 2 rings (SSSR count). The second kappa shape index (κ2) is 5.67. The van der Waals surface area contributed by atoms with E-state index in [4.69, 9.17) is 4.74 Å². The first-order chi connectivity index (χ1) is 7.79. The Labute approximate surface area is 97.9 Å². The zero-order chi connectivity index (χ0) is 11.4. The lowest BCUT2D eigenvalue weighted by Gasteiger charge is -2.24. The molecule has 0 aromatic rings. The molecular weight excluding hydrogens is 202 g/mol. The van der Waals surface area contributed by atoms with E-state index in [0.29, 0.717) is 19.1 Å². The maximum atomic E-state index is 11.3. The summed E-state index contributed by atoms with van der Waals surface area (Å²) in [6.45, 7) is 2.36. The Morgan fingerprint density at radius 3 is 2.94 bits per heavy atom. The average molecular weight is 225 g/mol. The van der Waals surface area contributed by atoms with Gasteiger partial charge in [-0.3, -0.25) is 4.79 Å². The quantitative estimate of drug-likeness (QED) is 0.746. The summed E-state index contributed by atoms with van der Waals surface area (Å²) in [5.74, 6) is 0.833. The minimum absolute atomic E-state index is 0.0424. The number of ether oxygens (including phenoxy) is 1. The van der Waals surface area contributed by atoms with Gasteiger partial charge in [0.1, 0.15) is 0 Å². The Hall–Kier alpha value is -0.570. The van der Waals surface area contributed by atoms with Crippen LogP contribution in [0.4, 0.5) is 0 Å². The van der Waals surface area contributed by atoms with Crippen molar-refractivity contribution < 1.29 is 9.53 Å². The molecule has 1 aliphatic heterocycles. The van der Waals surface area contributed by atoms with Gasteiger partial charge in [0.05, 0.1) is 6.61 Å². The van der Waals surface area contributed by atoms with Crippen LogP contribution in [0.3, 0.4) is 0 Å². The van der Waals surface area contributed by atoms with Gasteiger partial charge in [-0.05, 0) is 38.5 Å². The molecule has 2 fully saturated rings. The van der Waals surface area contributed by atoms with E-state index in [-0.39, 0.29) is 5.97 Å². The number of fused-ring (bicyclic) bond motifs is 1. The van der Waals surface area contributed by atoms with Crippen LogP contribution in [0.2, 0.25) is 0 Å². The molecule has 1 saturated heterocycles. The van der Waals surface area contributed by atoms with E-state index in [1.807, 2.05) is 6.92 Å². The van der Waals surface area contributed by atoms with E-state index in [0.717, 1.165) is 18.4 Å². The van der Waals surface area contributed by atoms with E-state index in [1.165, 1.54) is 32.1 Å². The van der Waals surface area contributed by atoms with Gasteiger partial charge in [0, 0.05) is 18.5 Å². The van der Waals surface area contributed by atoms with Crippen LogP contribution in [0.15, 0.2) is 0 Å². The molecule has 0 radical (unpaired) electrons. The lowest BCUT2D eigenvalue weighted by molar-refractivity contribution is -0.143. The van der Waals surface area contributed by atoms with E-state index in [1.54, 1.807) is 0 Å². The van der Waals surface area contributed by atoms with Gasteiger partial charge in [0.25, 0.3) is 0 Å². The van der Waals surface area contributed by atoms with Crippen LogP contribution in [-0.2, 0) is 9.53 Å². The largest absolute Gasteiger partial charge is 0.466 e. The van der Waals surface area contributed by atoms with E-state index in [9.17, 15) is 4.79 Å². The Morgan fingerprint density at radius 1 is 1.38 bits per heavy atom. The second-order valence-corrected chi connectivity index (χ2v) is 5.09. The van der Waals surface area contributed by atoms with Crippen molar-refractivity contribution in [1.29, 1.82) is 0 Å². The third kappa shape index (κ3) is 2.97. The molecule has 0 aromatic heterocycles. The van der Waals surface area contributed by atoms with Crippen molar-refractivity contribution in [2.75, 3.05) is 6.61 Å². The summed E-state index contributed by atoms with van der Waals surface area (Å²) in [5, 5.41) is 3.68. The lowest BCUT2D eigenvalue weighted by Crippen LogP contribution is -2.33. The van der Waals surface area contributed by atoms with Crippen molar-refractivity contribution in [3.05, 3.63) is 0 Å². The number of carbonyl (C=O) groups excluding carboxylic acids is 1. The zero-order valence-corrected chi connectivity index (χ0v) is 10.2. The highest BCUT2D eigenvalue weighted by molar-refractivity contribution is 5.69. The molecule has 1 aliphatic carbocycles. The van der Waals surface area contributed by atoms with Crippen LogP contribution in [0.1, 0.15) is 51.9 Å². The SMILES string of the molecule is CCOC(=O)CC[C@@H]1C[C@@H]2CCCC[C@@H]2N1. The predicted octanol–water partition coefficient (Wildman–Crippen LogP) is 2.25. The average Bonchev–Trinajstić information content (AvgIpc) is 2.69. The number of rotatable bonds is 4. The van der Waals surface area contributed by atoms with Gasteiger partial charge in [-0.2, -0.15) is 0 Å². The fraction of sp³-hybridized carbons (Fsp3) is 0.923. The van der Waals surface area contributed by atoms with E-state index >= 15 is 0 Å². The fourth-order valence-corrected chi connectivity index (χ4v) is 3.17. The molecule has 0 bridgehead atoms. The van der Waals surface area contributed by atoms with Crippen LogP contribution in [0, 0.1) is 5.92 Å². The molecule has 3 nitrogen and oxygen atoms in total. The van der Waals surface area contributed by atoms with E-state index in [2.05, 4.69) is 5.32 Å². The van der Waals surface area contributed by atoms with Crippen LogP contribution >= 0.6 is 0 Å². The van der Waals surface area contributed by atoms with Crippen LogP contribution in [0.25, 0.3) is 0 Å². The van der Waals surface area contributed by atoms with Gasteiger partial charge in [-0.25, -0.2) is 0 Å². The number of hydrogen-bond acceptors (Lipinski definition) is 3. The summed E-state index contributed by atoms with van der Waals surface area (Å²) in [4.78, 5) is 11.3. The fourth-order valence-electron chi connectivity index (χ4n) is 3.17. The standard InChI is InChI=1S/C13H23NO2/c1-2-16-13(15)8-7-11-9-10-5-3-4-6-12(10)14-11/h10-12,14H,2-9H2,1H3/t10-,11+,12-/m0/s1. The Bertz CT molecular complexity index is 228. The molecule has 1 saturated carbocycles. The van der Waals surface area contributed by atoms with Crippen LogP contribution in [0.5, 0.6) is 0 Å². The Balaban J connectivity index is 1.70. The summed E-state index contributed by atoms with van der Waals surface area (Å²) < 4.78 is 4.95. The van der Waals surface area contributed by atoms with Gasteiger partial charge < -0.3 is 10.1 Å². The monoisotopic (exact) mass is 225 g/mol. The molecule has 0 unspecified atom stereocenters. The molecule has 3 heteroatoms. The normalized spacial score (nSPS) is 33.4. The highest BCUT2D eigenvalue weighted by Crippen LogP contribution is 2.34. The molecule has 0 spiro atoms. The van der Waals surface area contributed by atoms with Crippen molar-refractivity contribution in [2.24, 2.45) is 5.92 Å². The molecule has 2 aliphatic rings. The van der Waals surface area contributed by atoms with Crippen molar-refractivity contribution in [3.8, 4) is 0 Å². The maximum absolute atomic E-state index is 11.3. The van der Waals surface area contributed by atoms with Gasteiger partial charge in [0.2, 0.25) is 0 Å². The number of hydrogen-bond donors (Lipinski definition) is 1. The number of nitrogens with one attached hydrogen (secondary N) is 1. The maximum Gasteiger partial charge on any atom is 0.305 e. The highest BCUT2D eigenvalue weighted by Gasteiger charge is 2.34. The summed E-state index contributed by atoms with van der Waals surface area (Å²) in [5.41, 5.74) is 0. The van der Waals surface area contributed by atoms with Gasteiger partial charge in [0.15, 0.2) is 0 Å². The number of esters is 1. The minimum Gasteiger partial charge on any atom is -0.466 e. The third-order valence-corrected chi connectivity index (χ3v) is 3.95. The molecule has 3 atom stereocenters. The molecular formula is C13H23NO2. The number of carbonyl (C=O) groups is 1. The van der Waals surface area contributed by atoms with Gasteiger partial charge in [-0.15, -0.1) is 0 Å². The van der Waals surface area contributed by atoms with Crippen molar-refractivity contribution in [2.45, 2.75) is 64.0 Å². The topological polar surface area (TPSA) is 38.3 Å². The molecule has 1 heterocycles. The first-order valence-corrected chi connectivity index (χ1v) is 6.71. The summed E-state index contributed by atoms with van der Waals surface area (Å²) in [7, 11) is 0. The van der Waals surface area contributed by atoms with Crippen LogP contribution in [-0.4, -0.2) is 24.7 Å². The molecule has 0 aromatic carbocycles. The lowest BCUT2D eigenvalue weighted by atomic mass is 9.85. The van der Waals surface area contributed by atoms with Crippen molar-refractivity contribution in [1.82, 2.24) is 5.32 Å². The van der Waals surface area contributed by atoms with Crippen molar-refractivity contribution >= 4 is 5.97 Å². The third-order valence-electron chi connectivity index (χ3n) is 3.95. The van der Waals surface area contributed by atoms with Crippen molar-refractivity contribution in [3.63, 3.8) is 0 Å². The highest BCUT2D eigenvalue weighted by atomic mass is 16.5. The smallest absolute Gasteiger partial charge is 0.305 e. The second-order valence-electron chi connectivity index (χ2n) is 5.09. The molecule has 1 N–H and O–H groups in total. The van der Waals surface area contributed by atoms with Gasteiger partial charge >= 0.3 is 5.97 Å². The minimum atomic E-state index is -0.0424. The molecule has 92 valence electrons. The van der Waals surface area contributed by atoms with Crippen LogP contribution < -0.4 is 5.32 Å². The van der Waals surface area contributed by atoms with Gasteiger partial charge in [-0.1, -0.05) is 12.8 Å². The summed E-state index contributed by atoms with van der Waals surface area (Å²) in [6.07, 6.45) is 8.28. The molecule has 16 heavy (non-hydrogen) atoms. The first kappa shape index (κ1) is 11.9. The molecule has 0 amide bonds. The summed E-state index contributed by atoms with van der Waals surface area (Å²) >= 11 is 0. The first-order valence-electron chi connectivity index (χ1n) is 6.71. The zero-order valence-electron chi connectivity index (χ0n) is 10.2. The summed E-state index contributed by atoms with van der Waals surface area (Å²) in [6, 6.07) is 1.29. The van der Waals surface area contributed by atoms with E-state index < -0.39 is 0 Å². The predicted molar refractivity (Wildman–Crippen MR) is 63.2 cm³/mol. The Kier molecular flexibility index (Phi) is 4.22. The Morgan fingerprint density at radius 2 is 2.19 bits per heavy atom.